The Morgan fingerprint density at radius 2 is 2.23 bits per heavy atom. The first-order valence-corrected chi connectivity index (χ1v) is 8.25. The average molecular weight is 335 g/mol. The number of hydrogen-bond donors (Lipinski definition) is 6. The lowest BCUT2D eigenvalue weighted by molar-refractivity contribution is 0.0265. The monoisotopic (exact) mass is 335 g/mol. The van der Waals surface area contributed by atoms with Crippen LogP contribution in [0.15, 0.2) is 4.79 Å². The Labute approximate surface area is 125 Å². The molecule has 1 atom stereocenters. The van der Waals surface area contributed by atoms with E-state index in [1.165, 1.54) is 0 Å². The summed E-state index contributed by atoms with van der Waals surface area (Å²) in [5.74, 6) is 0.391. The van der Waals surface area contributed by atoms with E-state index in [0.29, 0.717) is 31.1 Å². The van der Waals surface area contributed by atoms with E-state index >= 15 is 0 Å². The second kappa shape index (κ2) is 6.63. The summed E-state index contributed by atoms with van der Waals surface area (Å²) in [4.78, 5) is 37.3. The number of fused-ring (bicyclic) bond motifs is 1. The fourth-order valence-corrected chi connectivity index (χ4v) is 2.44. The number of rotatable bonds is 7. The smallest absolute Gasteiger partial charge is 0.350 e. The average Bonchev–Trinajstić information content (AvgIpc) is 2.81. The van der Waals surface area contributed by atoms with Crippen molar-refractivity contribution in [3.8, 4) is 0 Å². The van der Waals surface area contributed by atoms with Gasteiger partial charge < -0.3 is 35.6 Å². The number of nitrogens with zero attached hydrogens (tertiary/aromatic N) is 2. The molecule has 1 unspecified atom stereocenters. The molecule has 124 valence electrons. The van der Waals surface area contributed by atoms with Gasteiger partial charge in [0, 0.05) is 6.54 Å². The molecule has 1 aliphatic heterocycles. The predicted molar refractivity (Wildman–Crippen MR) is 78.6 cm³/mol. The van der Waals surface area contributed by atoms with E-state index in [1.54, 1.807) is 4.90 Å². The van der Waals surface area contributed by atoms with Crippen LogP contribution in [0.4, 0.5) is 17.5 Å². The Bertz CT molecular complexity index is 631. The molecule has 0 fully saturated rings. The molecule has 2 heterocycles. The van der Waals surface area contributed by atoms with Crippen LogP contribution in [0.1, 0.15) is 6.42 Å². The number of aromatic amines is 1. The predicted octanol–water partition coefficient (Wildman–Crippen LogP) is -1.56. The van der Waals surface area contributed by atoms with Gasteiger partial charge in [-0.3, -0.25) is 14.3 Å². The minimum Gasteiger partial charge on any atom is -0.394 e. The molecule has 2 rings (SSSR count). The first kappa shape index (κ1) is 16.7. The molecule has 11 nitrogen and oxygen atoms in total. The Balaban J connectivity index is 1.96. The molecule has 7 N–H and O–H groups in total. The maximum absolute atomic E-state index is 11.7. The zero-order valence-corrected chi connectivity index (χ0v) is 12.5. The molecule has 0 bridgehead atoms. The summed E-state index contributed by atoms with van der Waals surface area (Å²) in [5.41, 5.74) is 5.44. The Morgan fingerprint density at radius 1 is 1.50 bits per heavy atom. The van der Waals surface area contributed by atoms with Crippen molar-refractivity contribution in [3.63, 3.8) is 0 Å². The molecular weight excluding hydrogens is 317 g/mol. The quantitative estimate of drug-likeness (QED) is 0.320. The fraction of sp³-hybridized carbons (Fsp3) is 0.600. The summed E-state index contributed by atoms with van der Waals surface area (Å²) in [5, 5.41) is 12.1. The molecule has 0 aliphatic carbocycles. The van der Waals surface area contributed by atoms with E-state index < -0.39 is 20.0 Å². The van der Waals surface area contributed by atoms with Crippen molar-refractivity contribution in [1.29, 1.82) is 0 Å². The largest absolute Gasteiger partial charge is 0.394 e. The van der Waals surface area contributed by atoms with Gasteiger partial charge in [0.15, 0.2) is 5.82 Å². The molecule has 1 aromatic rings. The Hall–Kier alpha value is -1.65. The van der Waals surface area contributed by atoms with Crippen LogP contribution in [0.25, 0.3) is 0 Å². The highest BCUT2D eigenvalue weighted by molar-refractivity contribution is 7.51. The molecule has 12 heteroatoms. The maximum atomic E-state index is 11.7. The van der Waals surface area contributed by atoms with Crippen molar-refractivity contribution in [2.24, 2.45) is 0 Å². The molecular formula is C10H18N5O6P. The van der Waals surface area contributed by atoms with E-state index in [-0.39, 0.29) is 18.1 Å². The molecule has 0 radical (unpaired) electrons. The third-order valence-corrected chi connectivity index (χ3v) is 3.55. The SMILES string of the molecule is Nc1nc2c(c(=O)[nH]1)NCN2CCC(CO)OCP(=O)(O)O. The van der Waals surface area contributed by atoms with Gasteiger partial charge in [-0.15, -0.1) is 0 Å². The lowest BCUT2D eigenvalue weighted by Gasteiger charge is -2.21. The van der Waals surface area contributed by atoms with Gasteiger partial charge in [-0.05, 0) is 6.42 Å². The number of anilines is 3. The van der Waals surface area contributed by atoms with Crippen LogP contribution in [0.2, 0.25) is 0 Å². The van der Waals surface area contributed by atoms with Gasteiger partial charge in [-0.2, -0.15) is 4.98 Å². The molecule has 0 aromatic carbocycles. The third-order valence-electron chi connectivity index (χ3n) is 3.07. The van der Waals surface area contributed by atoms with E-state index in [0.717, 1.165) is 0 Å². The molecule has 22 heavy (non-hydrogen) atoms. The minimum atomic E-state index is -4.28. The first-order chi connectivity index (χ1) is 10.3. The van der Waals surface area contributed by atoms with Gasteiger partial charge in [-0.1, -0.05) is 0 Å². The Kier molecular flexibility index (Phi) is 5.04. The number of aliphatic hydroxyl groups excluding tert-OH is 1. The van der Waals surface area contributed by atoms with Gasteiger partial charge >= 0.3 is 7.60 Å². The summed E-state index contributed by atoms with van der Waals surface area (Å²) in [6.45, 7) is 0.326. The summed E-state index contributed by atoms with van der Waals surface area (Å²) in [7, 11) is -4.28. The lowest BCUT2D eigenvalue weighted by atomic mass is 10.2. The van der Waals surface area contributed by atoms with Crippen LogP contribution < -0.4 is 21.5 Å². The highest BCUT2D eigenvalue weighted by Gasteiger charge is 2.25. The number of hydrogen-bond acceptors (Lipinski definition) is 8. The number of ether oxygens (including phenoxy) is 1. The highest BCUT2D eigenvalue weighted by Crippen LogP contribution is 2.34. The van der Waals surface area contributed by atoms with Crippen LogP contribution in [0.5, 0.6) is 0 Å². The molecule has 0 spiro atoms. The second-order valence-electron chi connectivity index (χ2n) is 4.80. The number of nitrogen functional groups attached to an aromatic ring is 1. The summed E-state index contributed by atoms with van der Waals surface area (Å²) < 4.78 is 15.7. The van der Waals surface area contributed by atoms with Crippen molar-refractivity contribution in [3.05, 3.63) is 10.4 Å². The molecule has 0 saturated heterocycles. The second-order valence-corrected chi connectivity index (χ2v) is 6.39. The summed E-state index contributed by atoms with van der Waals surface area (Å²) >= 11 is 0. The summed E-state index contributed by atoms with van der Waals surface area (Å²) in [6, 6.07) is 0. The highest BCUT2D eigenvalue weighted by atomic mass is 31.2. The van der Waals surface area contributed by atoms with Crippen LogP contribution in [-0.4, -0.2) is 57.1 Å². The van der Waals surface area contributed by atoms with E-state index in [2.05, 4.69) is 15.3 Å². The van der Waals surface area contributed by atoms with Crippen molar-refractivity contribution in [2.75, 3.05) is 42.1 Å². The zero-order chi connectivity index (χ0) is 16.3. The number of aliphatic hydroxyl groups is 1. The standard InChI is InChI=1S/C10H18N5O6P/c11-10-13-8-7(9(17)14-10)12-4-15(8)2-1-6(3-16)21-5-22(18,19)20/h6,12,16H,1-5H2,(H2,18,19,20)(H3,11,13,14,17). The van der Waals surface area contributed by atoms with Crippen molar-refractivity contribution >= 4 is 25.0 Å². The van der Waals surface area contributed by atoms with E-state index in [9.17, 15) is 14.5 Å². The van der Waals surface area contributed by atoms with Crippen LogP contribution in [0, 0.1) is 0 Å². The number of nitrogens with two attached hydrogens (primary N) is 1. The van der Waals surface area contributed by atoms with Gasteiger partial charge in [0.1, 0.15) is 12.0 Å². The Morgan fingerprint density at radius 3 is 2.86 bits per heavy atom. The normalized spacial score (nSPS) is 15.5. The van der Waals surface area contributed by atoms with Crippen LogP contribution >= 0.6 is 7.60 Å². The molecule has 0 saturated carbocycles. The third kappa shape index (κ3) is 4.18. The molecule has 1 aromatic heterocycles. The maximum Gasteiger partial charge on any atom is 0.350 e. The van der Waals surface area contributed by atoms with Crippen LogP contribution in [0.3, 0.4) is 0 Å². The van der Waals surface area contributed by atoms with Crippen molar-refractivity contribution in [1.82, 2.24) is 9.97 Å². The summed E-state index contributed by atoms with van der Waals surface area (Å²) in [6.07, 6.45) is -1.18. The number of aromatic nitrogens is 2. The lowest BCUT2D eigenvalue weighted by Crippen LogP contribution is -2.30. The first-order valence-electron chi connectivity index (χ1n) is 6.46. The number of H-pyrrole nitrogens is 1. The topological polar surface area (TPSA) is 174 Å². The molecule has 0 amide bonds. The van der Waals surface area contributed by atoms with Gasteiger partial charge in [-0.25, -0.2) is 0 Å². The van der Waals surface area contributed by atoms with Crippen molar-refractivity contribution < 1.29 is 24.2 Å². The fourth-order valence-electron chi connectivity index (χ4n) is 2.03. The van der Waals surface area contributed by atoms with E-state index in [1.807, 2.05) is 0 Å². The van der Waals surface area contributed by atoms with Crippen LogP contribution in [-0.2, 0) is 9.30 Å². The van der Waals surface area contributed by atoms with Gasteiger partial charge in [0.05, 0.1) is 19.4 Å². The number of nitrogens with one attached hydrogen (secondary N) is 2. The van der Waals surface area contributed by atoms with E-state index in [4.69, 9.17) is 20.3 Å². The zero-order valence-electron chi connectivity index (χ0n) is 11.6. The van der Waals surface area contributed by atoms with Crippen molar-refractivity contribution in [2.45, 2.75) is 12.5 Å². The van der Waals surface area contributed by atoms with Gasteiger partial charge in [0.2, 0.25) is 5.95 Å². The van der Waals surface area contributed by atoms with Gasteiger partial charge in [0.25, 0.3) is 5.56 Å². The minimum absolute atomic E-state index is 0.00564. The molecule has 1 aliphatic rings.